The maximum atomic E-state index is 12.9. The van der Waals surface area contributed by atoms with E-state index < -0.39 is 0 Å². The van der Waals surface area contributed by atoms with Crippen LogP contribution in [0, 0.1) is 0 Å². The second kappa shape index (κ2) is 8.33. The van der Waals surface area contributed by atoms with Gasteiger partial charge in [0.25, 0.3) is 5.91 Å². The molecule has 30 heavy (non-hydrogen) atoms. The number of carbonyl (C=O) groups excluding carboxylic acids is 1. The highest BCUT2D eigenvalue weighted by molar-refractivity contribution is 7.14. The van der Waals surface area contributed by atoms with Crippen molar-refractivity contribution in [2.75, 3.05) is 38.3 Å². The molecule has 8 heteroatoms. The first-order valence-electron chi connectivity index (χ1n) is 9.92. The molecular weight excluding hydrogens is 400 g/mol. The van der Waals surface area contributed by atoms with Crippen molar-refractivity contribution in [2.45, 2.75) is 6.54 Å². The molecule has 1 N–H and O–H groups in total. The molecule has 0 saturated carbocycles. The molecule has 2 aliphatic rings. The van der Waals surface area contributed by atoms with Crippen LogP contribution in [0.2, 0.25) is 0 Å². The average molecular weight is 423 g/mol. The number of fused-ring (bicyclic) bond motifs is 1. The molecule has 0 aliphatic carbocycles. The highest BCUT2D eigenvalue weighted by Gasteiger charge is 2.24. The van der Waals surface area contributed by atoms with E-state index in [9.17, 15) is 4.79 Å². The Morgan fingerprint density at radius 3 is 2.67 bits per heavy atom. The van der Waals surface area contributed by atoms with Crippen LogP contribution >= 0.6 is 11.3 Å². The van der Waals surface area contributed by atoms with Gasteiger partial charge in [0.05, 0.1) is 0 Å². The molecule has 0 bridgehead atoms. The molecule has 2 aromatic carbocycles. The summed E-state index contributed by atoms with van der Waals surface area (Å²) in [6, 6.07) is 16.1. The van der Waals surface area contributed by atoms with Crippen LogP contribution in [-0.4, -0.2) is 53.7 Å². The highest BCUT2D eigenvalue weighted by Crippen LogP contribution is 2.35. The minimum Gasteiger partial charge on any atom is -0.454 e. The molecule has 154 valence electrons. The first-order chi connectivity index (χ1) is 14.7. The van der Waals surface area contributed by atoms with Crippen LogP contribution in [0.3, 0.4) is 0 Å². The summed E-state index contributed by atoms with van der Waals surface area (Å²) in [4.78, 5) is 21.6. The second-order valence-corrected chi connectivity index (χ2v) is 8.14. The summed E-state index contributed by atoms with van der Waals surface area (Å²) in [7, 11) is 0. The summed E-state index contributed by atoms with van der Waals surface area (Å²) in [5.41, 5.74) is 2.64. The zero-order valence-electron chi connectivity index (χ0n) is 16.4. The largest absolute Gasteiger partial charge is 0.454 e. The summed E-state index contributed by atoms with van der Waals surface area (Å²) in [6.07, 6.45) is 0. The van der Waals surface area contributed by atoms with Gasteiger partial charge in [-0.3, -0.25) is 9.69 Å². The van der Waals surface area contributed by atoms with Crippen LogP contribution < -0.4 is 14.8 Å². The van der Waals surface area contributed by atoms with Crippen molar-refractivity contribution >= 4 is 28.1 Å². The number of carbonyl (C=O) groups is 1. The van der Waals surface area contributed by atoms with Gasteiger partial charge in [0, 0.05) is 49.9 Å². The zero-order valence-corrected chi connectivity index (χ0v) is 17.2. The molecule has 3 aromatic rings. The number of hydrogen-bond acceptors (Lipinski definition) is 7. The normalized spacial score (nSPS) is 15.9. The van der Waals surface area contributed by atoms with Crippen molar-refractivity contribution in [3.8, 4) is 11.5 Å². The molecule has 0 radical (unpaired) electrons. The van der Waals surface area contributed by atoms with E-state index in [4.69, 9.17) is 9.47 Å². The Morgan fingerprint density at radius 1 is 1.03 bits per heavy atom. The Bertz CT molecular complexity index is 1030. The van der Waals surface area contributed by atoms with Gasteiger partial charge in [-0.2, -0.15) is 0 Å². The fourth-order valence-electron chi connectivity index (χ4n) is 3.64. The fraction of sp³-hybridized carbons (Fsp3) is 0.273. The van der Waals surface area contributed by atoms with Gasteiger partial charge in [-0.25, -0.2) is 4.98 Å². The SMILES string of the molecule is O=C(c1csc(Nc2ccc3c(c2)OCO3)n1)N1CCN(Cc2ccccc2)CC1. The highest BCUT2D eigenvalue weighted by atomic mass is 32.1. The Balaban J connectivity index is 1.17. The van der Waals surface area contributed by atoms with Gasteiger partial charge in [-0.05, 0) is 17.7 Å². The van der Waals surface area contributed by atoms with E-state index >= 15 is 0 Å². The maximum absolute atomic E-state index is 12.9. The zero-order chi connectivity index (χ0) is 20.3. The van der Waals surface area contributed by atoms with Gasteiger partial charge in [0.2, 0.25) is 6.79 Å². The van der Waals surface area contributed by atoms with Crippen molar-refractivity contribution in [1.29, 1.82) is 0 Å². The third kappa shape index (κ3) is 4.10. The number of piperazine rings is 1. The average Bonchev–Trinajstić information content (AvgIpc) is 3.44. The number of thiazole rings is 1. The van der Waals surface area contributed by atoms with Crippen molar-refractivity contribution in [2.24, 2.45) is 0 Å². The Labute approximate surface area is 178 Å². The minimum absolute atomic E-state index is 0.00986. The van der Waals surface area contributed by atoms with E-state index in [2.05, 4.69) is 39.5 Å². The van der Waals surface area contributed by atoms with Crippen molar-refractivity contribution in [1.82, 2.24) is 14.8 Å². The molecule has 0 unspecified atom stereocenters. The quantitative estimate of drug-likeness (QED) is 0.678. The van der Waals surface area contributed by atoms with Gasteiger partial charge >= 0.3 is 0 Å². The van der Waals surface area contributed by atoms with E-state index in [0.29, 0.717) is 29.7 Å². The first kappa shape index (κ1) is 18.9. The van der Waals surface area contributed by atoms with Crippen molar-refractivity contribution in [3.63, 3.8) is 0 Å². The molecule has 7 nitrogen and oxygen atoms in total. The number of amides is 1. The summed E-state index contributed by atoms with van der Waals surface area (Å²) >= 11 is 1.42. The number of anilines is 2. The van der Waals surface area contributed by atoms with Crippen LogP contribution in [-0.2, 0) is 6.54 Å². The molecular formula is C22H22N4O3S. The van der Waals surface area contributed by atoms with Gasteiger partial charge in [0.1, 0.15) is 5.69 Å². The van der Waals surface area contributed by atoms with Gasteiger partial charge in [-0.1, -0.05) is 30.3 Å². The predicted octanol–water partition coefficient (Wildman–Crippen LogP) is 3.57. The smallest absolute Gasteiger partial charge is 0.273 e. The molecule has 1 amide bonds. The Hall–Kier alpha value is -3.10. The van der Waals surface area contributed by atoms with Crippen LogP contribution in [0.25, 0.3) is 0 Å². The summed E-state index contributed by atoms with van der Waals surface area (Å²) < 4.78 is 10.7. The lowest BCUT2D eigenvalue weighted by Crippen LogP contribution is -2.48. The molecule has 0 atom stereocenters. The summed E-state index contributed by atoms with van der Waals surface area (Å²) in [6.45, 7) is 4.33. The Morgan fingerprint density at radius 2 is 1.83 bits per heavy atom. The summed E-state index contributed by atoms with van der Waals surface area (Å²) in [5, 5.41) is 5.73. The van der Waals surface area contributed by atoms with Gasteiger partial charge in [0.15, 0.2) is 16.6 Å². The minimum atomic E-state index is -0.00986. The number of nitrogens with one attached hydrogen (secondary N) is 1. The number of rotatable bonds is 5. The molecule has 2 aliphatic heterocycles. The first-order valence-corrected chi connectivity index (χ1v) is 10.8. The topological polar surface area (TPSA) is 66.9 Å². The third-order valence-corrected chi connectivity index (χ3v) is 6.01. The number of hydrogen-bond donors (Lipinski definition) is 1. The fourth-order valence-corrected chi connectivity index (χ4v) is 4.34. The number of benzene rings is 2. The molecule has 1 saturated heterocycles. The Kier molecular flexibility index (Phi) is 5.25. The molecule has 5 rings (SSSR count). The van der Waals surface area contributed by atoms with E-state index in [1.165, 1.54) is 16.9 Å². The standard InChI is InChI=1S/C22H22N4O3S/c27-21(26-10-8-25(9-11-26)13-16-4-2-1-3-5-16)18-14-30-22(24-18)23-17-6-7-19-20(12-17)29-15-28-19/h1-7,12,14H,8-11,13,15H2,(H,23,24). The number of aromatic nitrogens is 1. The number of ether oxygens (including phenoxy) is 2. The van der Waals surface area contributed by atoms with Crippen LogP contribution in [0.1, 0.15) is 16.1 Å². The van der Waals surface area contributed by atoms with E-state index in [0.717, 1.165) is 31.1 Å². The van der Waals surface area contributed by atoms with Crippen LogP contribution in [0.15, 0.2) is 53.9 Å². The lowest BCUT2D eigenvalue weighted by atomic mass is 10.2. The molecule has 1 aromatic heterocycles. The van der Waals surface area contributed by atoms with Gasteiger partial charge in [-0.15, -0.1) is 11.3 Å². The van der Waals surface area contributed by atoms with Crippen LogP contribution in [0.4, 0.5) is 10.8 Å². The monoisotopic (exact) mass is 422 g/mol. The molecule has 0 spiro atoms. The lowest BCUT2D eigenvalue weighted by molar-refractivity contribution is 0.0623. The van der Waals surface area contributed by atoms with E-state index in [-0.39, 0.29) is 12.7 Å². The molecule has 1 fully saturated rings. The summed E-state index contributed by atoms with van der Waals surface area (Å²) in [5.74, 6) is 1.44. The van der Waals surface area contributed by atoms with Crippen molar-refractivity contribution in [3.05, 3.63) is 65.2 Å². The maximum Gasteiger partial charge on any atom is 0.273 e. The van der Waals surface area contributed by atoms with E-state index in [1.54, 1.807) is 0 Å². The predicted molar refractivity (Wildman–Crippen MR) is 116 cm³/mol. The van der Waals surface area contributed by atoms with Gasteiger partial charge < -0.3 is 19.7 Å². The van der Waals surface area contributed by atoms with Crippen LogP contribution in [0.5, 0.6) is 11.5 Å². The van der Waals surface area contributed by atoms with Crippen molar-refractivity contribution < 1.29 is 14.3 Å². The molecule has 3 heterocycles. The third-order valence-electron chi connectivity index (χ3n) is 5.26. The number of nitrogens with zero attached hydrogens (tertiary/aromatic N) is 3. The van der Waals surface area contributed by atoms with E-state index in [1.807, 2.05) is 34.5 Å². The lowest BCUT2D eigenvalue weighted by Gasteiger charge is -2.34. The second-order valence-electron chi connectivity index (χ2n) is 7.28.